The van der Waals surface area contributed by atoms with Gasteiger partial charge in [-0.25, -0.2) is 4.79 Å². The predicted octanol–water partition coefficient (Wildman–Crippen LogP) is 7.46. The van der Waals surface area contributed by atoms with E-state index >= 15 is 0 Å². The first kappa shape index (κ1) is 22.9. The van der Waals surface area contributed by atoms with Gasteiger partial charge in [0.05, 0.1) is 17.8 Å². The van der Waals surface area contributed by atoms with Gasteiger partial charge in [0.15, 0.2) is 0 Å². The van der Waals surface area contributed by atoms with Gasteiger partial charge >= 0.3 is 5.97 Å². The van der Waals surface area contributed by atoms with Crippen molar-refractivity contribution < 1.29 is 9.53 Å². The summed E-state index contributed by atoms with van der Waals surface area (Å²) in [7, 11) is 0. The van der Waals surface area contributed by atoms with Crippen LogP contribution in [0.3, 0.4) is 0 Å². The number of carbonyl (C=O) groups excluding carboxylic acids is 1. The number of hydrogen-bond donors (Lipinski definition) is 1. The topological polar surface area (TPSA) is 51.2 Å². The van der Waals surface area contributed by atoms with Gasteiger partial charge in [0.1, 0.15) is 5.56 Å². The zero-order chi connectivity index (χ0) is 21.3. The highest BCUT2D eigenvalue weighted by Crippen LogP contribution is 2.33. The maximum absolute atomic E-state index is 12.7. The first-order valence-electron chi connectivity index (χ1n) is 11.6. The number of anilines is 1. The maximum Gasteiger partial charge on any atom is 0.341 e. The molecule has 30 heavy (non-hydrogen) atoms. The minimum atomic E-state index is -0.333. The number of nitrogens with one attached hydrogen (secondary N) is 1. The van der Waals surface area contributed by atoms with Crippen LogP contribution in [0.2, 0.25) is 5.02 Å². The van der Waals surface area contributed by atoms with Crippen molar-refractivity contribution in [1.29, 1.82) is 0 Å². The molecule has 0 radical (unpaired) electrons. The molecule has 3 rings (SSSR count). The number of hydrogen-bond acceptors (Lipinski definition) is 4. The predicted molar refractivity (Wildman–Crippen MR) is 126 cm³/mol. The number of aryl methyl sites for hydroxylation is 1. The number of ether oxygens (including phenoxy) is 1. The van der Waals surface area contributed by atoms with Crippen LogP contribution in [0.15, 0.2) is 18.3 Å². The molecule has 1 aromatic carbocycles. The molecule has 1 heterocycles. The van der Waals surface area contributed by atoms with Crippen molar-refractivity contribution in [2.75, 3.05) is 11.9 Å². The number of rotatable bonds is 4. The van der Waals surface area contributed by atoms with E-state index in [4.69, 9.17) is 16.3 Å². The lowest BCUT2D eigenvalue weighted by Crippen LogP contribution is -2.22. The Balaban J connectivity index is 1.93. The van der Waals surface area contributed by atoms with Gasteiger partial charge in [-0.05, 0) is 44.4 Å². The van der Waals surface area contributed by atoms with Gasteiger partial charge in [0, 0.05) is 22.6 Å². The highest BCUT2D eigenvalue weighted by Gasteiger charge is 2.20. The van der Waals surface area contributed by atoms with Gasteiger partial charge in [-0.1, -0.05) is 69.4 Å². The van der Waals surface area contributed by atoms with Gasteiger partial charge < -0.3 is 10.1 Å². The first-order chi connectivity index (χ1) is 14.6. The third kappa shape index (κ3) is 6.10. The molecule has 1 aliphatic carbocycles. The van der Waals surface area contributed by atoms with E-state index in [1.807, 2.05) is 26.0 Å². The Morgan fingerprint density at radius 3 is 2.27 bits per heavy atom. The summed E-state index contributed by atoms with van der Waals surface area (Å²) < 4.78 is 5.33. The number of fused-ring (bicyclic) bond motifs is 1. The van der Waals surface area contributed by atoms with Crippen molar-refractivity contribution in [2.24, 2.45) is 0 Å². The van der Waals surface area contributed by atoms with Crippen LogP contribution < -0.4 is 5.32 Å². The van der Waals surface area contributed by atoms with Gasteiger partial charge in [0.25, 0.3) is 0 Å². The van der Waals surface area contributed by atoms with Crippen LogP contribution >= 0.6 is 11.6 Å². The van der Waals surface area contributed by atoms with Gasteiger partial charge in [-0.3, -0.25) is 4.98 Å². The lowest BCUT2D eigenvalue weighted by Gasteiger charge is -2.23. The summed E-state index contributed by atoms with van der Waals surface area (Å²) in [4.78, 5) is 17.3. The molecule has 0 atom stereocenters. The average molecular weight is 431 g/mol. The van der Waals surface area contributed by atoms with E-state index in [-0.39, 0.29) is 5.97 Å². The van der Waals surface area contributed by atoms with E-state index < -0.39 is 0 Å². The molecule has 1 aromatic heterocycles. The smallest absolute Gasteiger partial charge is 0.341 e. The third-order valence-electron chi connectivity index (χ3n) is 6.08. The first-order valence-corrected chi connectivity index (χ1v) is 12.0. The van der Waals surface area contributed by atoms with Crippen LogP contribution in [0, 0.1) is 6.92 Å². The molecule has 2 aromatic rings. The van der Waals surface area contributed by atoms with Crippen LogP contribution in [-0.4, -0.2) is 23.6 Å². The molecule has 1 fully saturated rings. The van der Waals surface area contributed by atoms with E-state index in [1.165, 1.54) is 57.8 Å². The number of pyridine rings is 1. The molecule has 164 valence electrons. The van der Waals surface area contributed by atoms with Crippen LogP contribution in [0.4, 0.5) is 5.69 Å². The molecule has 1 aliphatic rings. The zero-order valence-corrected chi connectivity index (χ0v) is 19.2. The van der Waals surface area contributed by atoms with E-state index in [0.717, 1.165) is 35.0 Å². The summed E-state index contributed by atoms with van der Waals surface area (Å²) >= 11 is 6.38. The van der Waals surface area contributed by atoms with Crippen LogP contribution in [-0.2, 0) is 4.74 Å². The molecule has 0 unspecified atom stereocenters. The van der Waals surface area contributed by atoms with E-state index in [0.29, 0.717) is 23.2 Å². The highest BCUT2D eigenvalue weighted by molar-refractivity contribution is 6.31. The van der Waals surface area contributed by atoms with E-state index in [2.05, 4.69) is 10.3 Å². The minimum Gasteiger partial charge on any atom is -0.462 e. The van der Waals surface area contributed by atoms with E-state index in [1.54, 1.807) is 6.20 Å². The van der Waals surface area contributed by atoms with Gasteiger partial charge in [-0.15, -0.1) is 0 Å². The SMILES string of the molecule is CCOC(=O)c1cnc2c(C)cc(Cl)cc2c1NC1CCCCCCCCCCC1. The highest BCUT2D eigenvalue weighted by atomic mass is 35.5. The molecule has 5 heteroatoms. The summed E-state index contributed by atoms with van der Waals surface area (Å²) in [6.45, 7) is 4.17. The van der Waals surface area contributed by atoms with Crippen molar-refractivity contribution in [3.8, 4) is 0 Å². The second kappa shape index (κ2) is 11.5. The standard InChI is InChI=1S/C25H35ClN2O2/c1-3-30-25(29)22-17-27-23-18(2)15-19(26)16-21(23)24(22)28-20-13-11-9-7-5-4-6-8-10-12-14-20/h15-17,20H,3-14H2,1-2H3,(H,27,28). The Morgan fingerprint density at radius 1 is 1.07 bits per heavy atom. The molecule has 0 spiro atoms. The largest absolute Gasteiger partial charge is 0.462 e. The number of carbonyl (C=O) groups is 1. The van der Waals surface area contributed by atoms with E-state index in [9.17, 15) is 4.79 Å². The quantitative estimate of drug-likeness (QED) is 0.511. The molecule has 1 N–H and O–H groups in total. The fraction of sp³-hybridized carbons (Fsp3) is 0.600. The van der Waals surface area contributed by atoms with Crippen LogP contribution in [0.25, 0.3) is 10.9 Å². The zero-order valence-electron chi connectivity index (χ0n) is 18.4. The monoisotopic (exact) mass is 430 g/mol. The van der Waals surface area contributed by atoms with Crippen molar-refractivity contribution in [3.63, 3.8) is 0 Å². The minimum absolute atomic E-state index is 0.333. The average Bonchev–Trinajstić information content (AvgIpc) is 2.70. The number of aromatic nitrogens is 1. The van der Waals surface area contributed by atoms with Crippen molar-refractivity contribution in [2.45, 2.75) is 90.5 Å². The lowest BCUT2D eigenvalue weighted by atomic mass is 9.97. The molecule has 0 aliphatic heterocycles. The Morgan fingerprint density at radius 2 is 1.67 bits per heavy atom. The molecule has 0 bridgehead atoms. The van der Waals surface area contributed by atoms with Crippen LogP contribution in [0.1, 0.15) is 93.5 Å². The fourth-order valence-electron chi connectivity index (χ4n) is 4.47. The molecule has 0 amide bonds. The van der Waals surface area contributed by atoms with Gasteiger partial charge in [0.2, 0.25) is 0 Å². The number of benzene rings is 1. The molecular weight excluding hydrogens is 396 g/mol. The van der Waals surface area contributed by atoms with Gasteiger partial charge in [-0.2, -0.15) is 0 Å². The number of nitrogens with zero attached hydrogens (tertiary/aromatic N) is 1. The number of halogens is 1. The van der Waals surface area contributed by atoms with Crippen molar-refractivity contribution >= 4 is 34.2 Å². The van der Waals surface area contributed by atoms with Crippen molar-refractivity contribution in [3.05, 3.63) is 34.5 Å². The molecule has 4 nitrogen and oxygen atoms in total. The molecule has 1 saturated carbocycles. The Hall–Kier alpha value is -1.81. The summed E-state index contributed by atoms with van der Waals surface area (Å²) in [6.07, 6.45) is 15.6. The van der Waals surface area contributed by atoms with Crippen molar-refractivity contribution in [1.82, 2.24) is 4.98 Å². The summed E-state index contributed by atoms with van der Waals surface area (Å²) in [6, 6.07) is 4.17. The van der Waals surface area contributed by atoms with Crippen LogP contribution in [0.5, 0.6) is 0 Å². The second-order valence-corrected chi connectivity index (χ2v) is 8.92. The molecule has 0 saturated heterocycles. The maximum atomic E-state index is 12.7. The summed E-state index contributed by atoms with van der Waals surface area (Å²) in [5.41, 5.74) is 3.20. The Kier molecular flexibility index (Phi) is 8.80. The lowest BCUT2D eigenvalue weighted by molar-refractivity contribution is 0.0527. The number of esters is 1. The summed E-state index contributed by atoms with van der Waals surface area (Å²) in [5.74, 6) is -0.333. The normalized spacial score (nSPS) is 17.2. The summed E-state index contributed by atoms with van der Waals surface area (Å²) in [5, 5.41) is 5.30. The second-order valence-electron chi connectivity index (χ2n) is 8.49. The third-order valence-corrected chi connectivity index (χ3v) is 6.29. The molecular formula is C25H35ClN2O2. The fourth-order valence-corrected chi connectivity index (χ4v) is 4.74. The Labute approximate surface area is 185 Å². The Bertz CT molecular complexity index is 841.